The molecule has 2 amide bonds. The molecule has 0 saturated carbocycles. The summed E-state index contributed by atoms with van der Waals surface area (Å²) in [5, 5.41) is 6.55. The third-order valence-corrected chi connectivity index (χ3v) is 4.38. The monoisotopic (exact) mass is 328 g/mol. The number of carbonyl (C=O) groups excluding carboxylic acids is 2. The zero-order chi connectivity index (χ0) is 15.2. The van der Waals surface area contributed by atoms with E-state index in [1.54, 1.807) is 12.1 Å². The average molecular weight is 329 g/mol. The molecule has 0 aromatic heterocycles. The Bertz CT molecular complexity index is 534. The van der Waals surface area contributed by atoms with Crippen molar-refractivity contribution < 1.29 is 9.59 Å². The van der Waals surface area contributed by atoms with E-state index in [4.69, 9.17) is 23.2 Å². The molecule has 1 aromatic rings. The molecular formula is C15H18Cl2N2O2. The third kappa shape index (κ3) is 4.61. The van der Waals surface area contributed by atoms with Crippen molar-refractivity contribution in [3.05, 3.63) is 33.8 Å². The Labute approximate surface area is 134 Å². The Morgan fingerprint density at radius 1 is 1.33 bits per heavy atom. The molecule has 0 unspecified atom stereocenters. The SMILES string of the molecule is O=C(CCc1cccc(Cl)c1Cl)N[C@H]1CCCCNC1=O. The van der Waals surface area contributed by atoms with Gasteiger partial charge in [-0.05, 0) is 37.3 Å². The highest BCUT2D eigenvalue weighted by atomic mass is 35.5. The molecule has 21 heavy (non-hydrogen) atoms. The summed E-state index contributed by atoms with van der Waals surface area (Å²) < 4.78 is 0. The molecule has 1 aliphatic heterocycles. The maximum atomic E-state index is 12.0. The minimum atomic E-state index is -0.421. The summed E-state index contributed by atoms with van der Waals surface area (Å²) in [6.07, 6.45) is 3.36. The summed E-state index contributed by atoms with van der Waals surface area (Å²) in [4.78, 5) is 23.7. The Kier molecular flexibility index (Phi) is 5.88. The smallest absolute Gasteiger partial charge is 0.242 e. The lowest BCUT2D eigenvalue weighted by molar-refractivity contribution is -0.128. The van der Waals surface area contributed by atoms with Crippen LogP contribution in [-0.4, -0.2) is 24.4 Å². The van der Waals surface area contributed by atoms with Gasteiger partial charge in [-0.2, -0.15) is 0 Å². The van der Waals surface area contributed by atoms with E-state index in [2.05, 4.69) is 10.6 Å². The quantitative estimate of drug-likeness (QED) is 0.892. The lowest BCUT2D eigenvalue weighted by Crippen LogP contribution is -2.45. The van der Waals surface area contributed by atoms with Gasteiger partial charge in [0.1, 0.15) is 6.04 Å². The molecule has 1 aliphatic rings. The Balaban J connectivity index is 1.87. The third-order valence-electron chi connectivity index (χ3n) is 3.52. The summed E-state index contributed by atoms with van der Waals surface area (Å²) in [5.41, 5.74) is 0.838. The van der Waals surface area contributed by atoms with E-state index < -0.39 is 6.04 Å². The van der Waals surface area contributed by atoms with Crippen LogP contribution in [0.4, 0.5) is 0 Å². The Morgan fingerprint density at radius 3 is 2.95 bits per heavy atom. The number of aryl methyl sites for hydroxylation is 1. The number of carbonyl (C=O) groups is 2. The second-order valence-corrected chi connectivity index (χ2v) is 5.91. The van der Waals surface area contributed by atoms with Crippen LogP contribution in [0.2, 0.25) is 10.0 Å². The molecule has 0 radical (unpaired) electrons. The molecule has 0 aliphatic carbocycles. The van der Waals surface area contributed by atoms with Gasteiger partial charge in [-0.25, -0.2) is 0 Å². The van der Waals surface area contributed by atoms with Gasteiger partial charge >= 0.3 is 0 Å². The minimum Gasteiger partial charge on any atom is -0.354 e. The standard InChI is InChI=1S/C15H18Cl2N2O2/c16-11-5-3-4-10(14(11)17)7-8-13(20)19-12-6-1-2-9-18-15(12)21/h3-5,12H,1-2,6-9H2,(H,18,21)(H,19,20)/t12-/m0/s1. The topological polar surface area (TPSA) is 58.2 Å². The first-order chi connectivity index (χ1) is 10.1. The van der Waals surface area contributed by atoms with E-state index in [-0.39, 0.29) is 18.2 Å². The van der Waals surface area contributed by atoms with Gasteiger partial charge < -0.3 is 10.6 Å². The number of rotatable bonds is 4. The van der Waals surface area contributed by atoms with E-state index in [0.717, 1.165) is 18.4 Å². The number of hydrogen-bond donors (Lipinski definition) is 2. The van der Waals surface area contributed by atoms with E-state index >= 15 is 0 Å². The molecule has 1 fully saturated rings. The summed E-state index contributed by atoms with van der Waals surface area (Å²) in [6.45, 7) is 0.684. The lowest BCUT2D eigenvalue weighted by Gasteiger charge is -2.15. The van der Waals surface area contributed by atoms with Crippen molar-refractivity contribution in [3.8, 4) is 0 Å². The summed E-state index contributed by atoms with van der Waals surface area (Å²) in [6, 6.07) is 4.94. The first-order valence-electron chi connectivity index (χ1n) is 7.08. The number of nitrogens with one attached hydrogen (secondary N) is 2. The zero-order valence-electron chi connectivity index (χ0n) is 11.6. The molecule has 2 rings (SSSR count). The van der Waals surface area contributed by atoms with Gasteiger partial charge in [-0.1, -0.05) is 35.3 Å². The second kappa shape index (κ2) is 7.66. The van der Waals surface area contributed by atoms with Crippen molar-refractivity contribution in [1.82, 2.24) is 10.6 Å². The normalized spacial score (nSPS) is 18.8. The minimum absolute atomic E-state index is 0.0957. The van der Waals surface area contributed by atoms with E-state index in [1.807, 2.05) is 6.07 Å². The fourth-order valence-electron chi connectivity index (χ4n) is 2.33. The summed E-state index contributed by atoms with van der Waals surface area (Å²) in [5.74, 6) is -0.241. The molecule has 0 spiro atoms. The van der Waals surface area contributed by atoms with Gasteiger partial charge in [-0.3, -0.25) is 9.59 Å². The largest absolute Gasteiger partial charge is 0.354 e. The highest BCUT2D eigenvalue weighted by molar-refractivity contribution is 6.42. The van der Waals surface area contributed by atoms with Crippen LogP contribution in [0.25, 0.3) is 0 Å². The molecule has 2 N–H and O–H groups in total. The first-order valence-corrected chi connectivity index (χ1v) is 7.83. The van der Waals surface area contributed by atoms with E-state index in [9.17, 15) is 9.59 Å². The van der Waals surface area contributed by atoms with Crippen molar-refractivity contribution in [2.75, 3.05) is 6.54 Å². The van der Waals surface area contributed by atoms with E-state index in [1.165, 1.54) is 0 Å². The van der Waals surface area contributed by atoms with Gasteiger partial charge in [0.25, 0.3) is 0 Å². The molecule has 114 valence electrons. The Morgan fingerprint density at radius 2 is 2.14 bits per heavy atom. The number of hydrogen-bond acceptors (Lipinski definition) is 2. The van der Waals surface area contributed by atoms with Crippen LogP contribution in [0.1, 0.15) is 31.2 Å². The van der Waals surface area contributed by atoms with Crippen LogP contribution in [0.3, 0.4) is 0 Å². The van der Waals surface area contributed by atoms with Crippen molar-refractivity contribution >= 4 is 35.0 Å². The van der Waals surface area contributed by atoms with E-state index in [0.29, 0.717) is 29.4 Å². The highest BCUT2D eigenvalue weighted by Crippen LogP contribution is 2.26. The van der Waals surface area contributed by atoms with Gasteiger partial charge in [0.15, 0.2) is 0 Å². The van der Waals surface area contributed by atoms with Crippen molar-refractivity contribution in [2.24, 2.45) is 0 Å². The predicted octanol–water partition coefficient (Wildman–Crippen LogP) is 2.71. The molecule has 1 saturated heterocycles. The average Bonchev–Trinajstić information content (AvgIpc) is 2.66. The number of benzene rings is 1. The van der Waals surface area contributed by atoms with Crippen molar-refractivity contribution in [3.63, 3.8) is 0 Å². The molecule has 1 atom stereocenters. The van der Waals surface area contributed by atoms with Crippen molar-refractivity contribution in [1.29, 1.82) is 0 Å². The summed E-state index contributed by atoms with van der Waals surface area (Å²) >= 11 is 12.0. The fraction of sp³-hybridized carbons (Fsp3) is 0.467. The van der Waals surface area contributed by atoms with Gasteiger partial charge in [0.2, 0.25) is 11.8 Å². The number of amides is 2. The van der Waals surface area contributed by atoms with Gasteiger partial charge in [0.05, 0.1) is 10.0 Å². The number of halogens is 2. The molecule has 1 heterocycles. The molecule has 4 nitrogen and oxygen atoms in total. The maximum Gasteiger partial charge on any atom is 0.242 e. The van der Waals surface area contributed by atoms with Crippen LogP contribution < -0.4 is 10.6 Å². The lowest BCUT2D eigenvalue weighted by atomic mass is 10.1. The zero-order valence-corrected chi connectivity index (χ0v) is 13.1. The van der Waals surface area contributed by atoms with Crippen molar-refractivity contribution in [2.45, 2.75) is 38.1 Å². The highest BCUT2D eigenvalue weighted by Gasteiger charge is 2.22. The van der Waals surface area contributed by atoms with Crippen LogP contribution in [0, 0.1) is 0 Å². The fourth-order valence-corrected chi connectivity index (χ4v) is 2.75. The first kappa shape index (κ1) is 16.1. The molecule has 1 aromatic carbocycles. The van der Waals surface area contributed by atoms with Gasteiger partial charge in [0, 0.05) is 13.0 Å². The summed E-state index contributed by atoms with van der Waals surface area (Å²) in [7, 11) is 0. The molecule has 0 bridgehead atoms. The predicted molar refractivity (Wildman–Crippen MR) is 83.6 cm³/mol. The Hall–Kier alpha value is -1.26. The maximum absolute atomic E-state index is 12.0. The molecular weight excluding hydrogens is 311 g/mol. The van der Waals surface area contributed by atoms with Crippen LogP contribution in [0.15, 0.2) is 18.2 Å². The van der Waals surface area contributed by atoms with Crippen LogP contribution in [-0.2, 0) is 16.0 Å². The van der Waals surface area contributed by atoms with Gasteiger partial charge in [-0.15, -0.1) is 0 Å². The second-order valence-electron chi connectivity index (χ2n) is 5.12. The molecule has 6 heteroatoms. The van der Waals surface area contributed by atoms with Crippen LogP contribution >= 0.6 is 23.2 Å². The van der Waals surface area contributed by atoms with Crippen LogP contribution in [0.5, 0.6) is 0 Å².